The van der Waals surface area contributed by atoms with E-state index in [1.54, 1.807) is 11.3 Å². The molecule has 0 bridgehead atoms. The number of aromatic nitrogens is 1. The Balaban J connectivity index is 1.15. The molecule has 0 spiro atoms. The molecule has 230 valence electrons. The highest BCUT2D eigenvalue weighted by Crippen LogP contribution is 2.45. The summed E-state index contributed by atoms with van der Waals surface area (Å²) >= 11 is 5.43. The molecule has 0 atom stereocenters. The van der Waals surface area contributed by atoms with Gasteiger partial charge in [0.05, 0.1) is 15.6 Å². The van der Waals surface area contributed by atoms with Crippen molar-refractivity contribution in [3.8, 4) is 10.6 Å². The van der Waals surface area contributed by atoms with E-state index in [0.717, 1.165) is 59.8 Å². The largest absolute Gasteiger partial charge is 0.456 e. The summed E-state index contributed by atoms with van der Waals surface area (Å²) in [6.45, 7) is 0. The lowest BCUT2D eigenvalue weighted by Gasteiger charge is -2.26. The van der Waals surface area contributed by atoms with E-state index in [9.17, 15) is 0 Å². The fraction of sp³-hybridized carbons (Fsp3) is 0. The number of benzene rings is 7. The van der Waals surface area contributed by atoms with Gasteiger partial charge in [0.15, 0.2) is 0 Å². The number of anilines is 3. The summed E-state index contributed by atoms with van der Waals surface area (Å²) in [4.78, 5) is 7.57. The molecule has 4 aromatic heterocycles. The van der Waals surface area contributed by atoms with Gasteiger partial charge in [-0.05, 0) is 66.7 Å². The molecule has 0 aliphatic carbocycles. The molecule has 6 heteroatoms. The molecule has 0 aliphatic rings. The zero-order valence-electron chi connectivity index (χ0n) is 25.9. The molecule has 0 saturated carbocycles. The van der Waals surface area contributed by atoms with Gasteiger partial charge in [0, 0.05) is 68.4 Å². The molecule has 7 aromatic carbocycles. The van der Waals surface area contributed by atoms with Crippen LogP contribution in [0.2, 0.25) is 0 Å². The number of hydrogen-bond acceptors (Lipinski definition) is 6. The third-order valence-electron chi connectivity index (χ3n) is 9.50. The second-order valence-corrected chi connectivity index (χ2v) is 15.5. The Morgan fingerprint density at radius 3 is 1.69 bits per heavy atom. The predicted molar refractivity (Wildman–Crippen MR) is 213 cm³/mol. The molecule has 49 heavy (non-hydrogen) atoms. The van der Waals surface area contributed by atoms with Gasteiger partial charge in [-0.15, -0.1) is 34.0 Å². The van der Waals surface area contributed by atoms with Crippen molar-refractivity contribution in [3.05, 3.63) is 146 Å². The Hall–Kier alpha value is -5.53. The molecule has 3 nitrogen and oxygen atoms in total. The zero-order valence-corrected chi connectivity index (χ0v) is 28.3. The van der Waals surface area contributed by atoms with Crippen molar-refractivity contribution < 1.29 is 4.42 Å². The molecule has 4 heterocycles. The van der Waals surface area contributed by atoms with Crippen molar-refractivity contribution in [2.75, 3.05) is 4.90 Å². The highest BCUT2D eigenvalue weighted by atomic mass is 32.1. The van der Waals surface area contributed by atoms with Crippen molar-refractivity contribution >= 4 is 124 Å². The normalized spacial score (nSPS) is 12.1. The Morgan fingerprint density at radius 1 is 0.429 bits per heavy atom. The lowest BCUT2D eigenvalue weighted by Crippen LogP contribution is -2.09. The molecule has 11 rings (SSSR count). The summed E-state index contributed by atoms with van der Waals surface area (Å²) < 4.78 is 12.8. The fourth-order valence-electron chi connectivity index (χ4n) is 7.24. The van der Waals surface area contributed by atoms with Crippen LogP contribution in [-0.2, 0) is 0 Å². The van der Waals surface area contributed by atoms with Crippen molar-refractivity contribution in [1.82, 2.24) is 4.98 Å². The van der Waals surface area contributed by atoms with Crippen LogP contribution in [0.4, 0.5) is 17.1 Å². The van der Waals surface area contributed by atoms with Gasteiger partial charge in [-0.2, -0.15) is 0 Å². The van der Waals surface area contributed by atoms with Gasteiger partial charge >= 0.3 is 0 Å². The van der Waals surface area contributed by atoms with Gasteiger partial charge in [0.1, 0.15) is 16.2 Å². The van der Waals surface area contributed by atoms with Crippen molar-refractivity contribution in [2.45, 2.75) is 0 Å². The van der Waals surface area contributed by atoms with Crippen LogP contribution in [-0.4, -0.2) is 4.98 Å². The third-order valence-corrected chi connectivity index (χ3v) is 12.8. The Morgan fingerprint density at radius 2 is 1.00 bits per heavy atom. The summed E-state index contributed by atoms with van der Waals surface area (Å²) in [5.41, 5.74) is 7.15. The van der Waals surface area contributed by atoms with Crippen LogP contribution in [0.1, 0.15) is 0 Å². The lowest BCUT2D eigenvalue weighted by atomic mass is 10.1. The maximum atomic E-state index is 6.45. The average Bonchev–Trinajstić information content (AvgIpc) is 3.92. The van der Waals surface area contributed by atoms with E-state index in [1.165, 1.54) is 40.3 Å². The molecule has 0 amide bonds. The van der Waals surface area contributed by atoms with Crippen LogP contribution in [0.3, 0.4) is 0 Å². The van der Waals surface area contributed by atoms with E-state index in [-0.39, 0.29) is 0 Å². The number of rotatable bonds is 4. The first-order valence-electron chi connectivity index (χ1n) is 16.2. The highest BCUT2D eigenvalue weighted by Gasteiger charge is 2.20. The summed E-state index contributed by atoms with van der Waals surface area (Å²) in [5.74, 6) is 0. The summed E-state index contributed by atoms with van der Waals surface area (Å²) in [5, 5.41) is 8.35. The van der Waals surface area contributed by atoms with Gasteiger partial charge in [-0.3, -0.25) is 0 Å². The fourth-order valence-corrected chi connectivity index (χ4v) is 10.5. The lowest BCUT2D eigenvalue weighted by molar-refractivity contribution is 0.669. The average molecular weight is 681 g/mol. The second kappa shape index (κ2) is 10.5. The second-order valence-electron chi connectivity index (χ2n) is 12.3. The van der Waals surface area contributed by atoms with Crippen LogP contribution in [0.5, 0.6) is 0 Å². The monoisotopic (exact) mass is 680 g/mol. The minimum Gasteiger partial charge on any atom is -0.456 e. The molecule has 0 aliphatic heterocycles. The minimum absolute atomic E-state index is 0.856. The van der Waals surface area contributed by atoms with E-state index in [1.807, 2.05) is 28.7 Å². The smallest absolute Gasteiger partial charge is 0.137 e. The SMILES string of the molecule is c1ccc(-c2nc3c(ccc4oc5ccc(N(c6ccc7c(c6)sc6ccccc67)c6ccc7c(c6)sc6ccccc67)cc5c43)s2)cc1. The third kappa shape index (κ3) is 4.21. The Bertz CT molecular complexity index is 2960. The zero-order chi connectivity index (χ0) is 32.1. The molecular formula is C43H24N2OS3. The molecule has 0 fully saturated rings. The first-order chi connectivity index (χ1) is 24.2. The van der Waals surface area contributed by atoms with Crippen LogP contribution < -0.4 is 4.90 Å². The maximum Gasteiger partial charge on any atom is 0.137 e. The molecule has 0 N–H and O–H groups in total. The van der Waals surface area contributed by atoms with Crippen LogP contribution >= 0.6 is 34.0 Å². The van der Waals surface area contributed by atoms with Gasteiger partial charge in [-0.25, -0.2) is 4.98 Å². The Labute approximate surface area is 292 Å². The van der Waals surface area contributed by atoms with E-state index in [4.69, 9.17) is 9.40 Å². The van der Waals surface area contributed by atoms with Crippen LogP contribution in [0.15, 0.2) is 150 Å². The van der Waals surface area contributed by atoms with Crippen molar-refractivity contribution in [3.63, 3.8) is 0 Å². The topological polar surface area (TPSA) is 29.3 Å². The van der Waals surface area contributed by atoms with Crippen LogP contribution in [0.25, 0.3) is 83.1 Å². The van der Waals surface area contributed by atoms with Gasteiger partial charge in [-0.1, -0.05) is 78.9 Å². The summed E-state index contributed by atoms with van der Waals surface area (Å²) in [7, 11) is 0. The Kier molecular flexibility index (Phi) is 5.87. The molecule has 0 radical (unpaired) electrons. The minimum atomic E-state index is 0.856. The number of hydrogen-bond donors (Lipinski definition) is 0. The van der Waals surface area contributed by atoms with E-state index in [0.29, 0.717) is 0 Å². The van der Waals surface area contributed by atoms with Gasteiger partial charge in [0.2, 0.25) is 0 Å². The van der Waals surface area contributed by atoms with Crippen LogP contribution in [0, 0.1) is 0 Å². The number of nitrogens with zero attached hydrogens (tertiary/aromatic N) is 2. The standard InChI is InChI=1S/C43H24N2OS3/c1-2-8-25(9-3-1)43-44-42-38(49-43)21-20-35-41(42)33-22-26(16-19-34(33)46-35)45(27-14-17-31-29-10-4-6-12-36(29)47-39(31)23-27)28-15-18-32-30-11-5-7-13-37(30)48-40(32)24-28/h1-24H. The van der Waals surface area contributed by atoms with Gasteiger partial charge < -0.3 is 9.32 Å². The molecule has 0 saturated heterocycles. The molecule has 0 unspecified atom stereocenters. The number of fused-ring (bicyclic) bond motifs is 11. The summed E-state index contributed by atoms with van der Waals surface area (Å²) in [6, 6.07) is 52.4. The van der Waals surface area contributed by atoms with Crippen molar-refractivity contribution in [2.24, 2.45) is 0 Å². The highest BCUT2D eigenvalue weighted by molar-refractivity contribution is 7.26. The van der Waals surface area contributed by atoms with E-state index >= 15 is 0 Å². The van der Waals surface area contributed by atoms with Gasteiger partial charge in [0.25, 0.3) is 0 Å². The quantitative estimate of drug-likeness (QED) is 0.185. The first kappa shape index (κ1) is 27.4. The van der Waals surface area contributed by atoms with E-state index < -0.39 is 0 Å². The van der Waals surface area contributed by atoms with Crippen molar-refractivity contribution in [1.29, 1.82) is 0 Å². The first-order valence-corrected chi connectivity index (χ1v) is 18.6. The molecule has 11 aromatic rings. The number of furan rings is 1. The predicted octanol–water partition coefficient (Wildman–Crippen LogP) is 14.1. The maximum absolute atomic E-state index is 6.45. The van der Waals surface area contributed by atoms with E-state index in [2.05, 4.69) is 144 Å². The summed E-state index contributed by atoms with van der Waals surface area (Å²) in [6.07, 6.45) is 0. The molecular weight excluding hydrogens is 657 g/mol. The number of thiophene rings is 2. The number of thiazole rings is 1.